The van der Waals surface area contributed by atoms with Crippen molar-refractivity contribution in [2.45, 2.75) is 56.8 Å². The number of nitrogens with one attached hydrogen (secondary N) is 2. The minimum atomic E-state index is -4.37. The highest BCUT2D eigenvalue weighted by Gasteiger charge is 2.30. The lowest BCUT2D eigenvalue weighted by molar-refractivity contribution is -0.137. The summed E-state index contributed by atoms with van der Waals surface area (Å²) in [6, 6.07) is 7.88. The normalized spacial score (nSPS) is 17.8. The van der Waals surface area contributed by atoms with Crippen molar-refractivity contribution in [2.75, 3.05) is 6.54 Å². The van der Waals surface area contributed by atoms with E-state index < -0.39 is 11.7 Å². The Hall–Kier alpha value is -2.45. The van der Waals surface area contributed by atoms with Crippen LogP contribution in [0.4, 0.5) is 13.2 Å². The van der Waals surface area contributed by atoms with E-state index in [1.165, 1.54) is 11.6 Å². The van der Waals surface area contributed by atoms with Crippen LogP contribution in [0, 0.1) is 0 Å². The summed E-state index contributed by atoms with van der Waals surface area (Å²) in [4.78, 5) is 11.9. The molecule has 0 saturated carbocycles. The van der Waals surface area contributed by atoms with E-state index >= 15 is 0 Å². The highest BCUT2D eigenvalue weighted by atomic mass is 19.4. The fraction of sp³-hybridized carbons (Fsp3) is 0.455. The van der Waals surface area contributed by atoms with E-state index in [1.807, 2.05) is 12.3 Å². The third-order valence-electron chi connectivity index (χ3n) is 5.65. The number of alkyl halides is 3. The summed E-state index contributed by atoms with van der Waals surface area (Å²) in [6.07, 6.45) is 3.05. The Morgan fingerprint density at radius 1 is 1.27 bits per heavy atom. The molecule has 8 heteroatoms. The second kappa shape index (κ2) is 8.73. The summed E-state index contributed by atoms with van der Waals surface area (Å²) in [5.41, 5.74) is 8.95. The molecule has 2 heterocycles. The first kappa shape index (κ1) is 20.8. The Kier molecular flexibility index (Phi) is 6.06. The zero-order chi connectivity index (χ0) is 21.1. The Morgan fingerprint density at radius 2 is 2.13 bits per heavy atom. The number of aromatic amines is 1. The van der Waals surface area contributed by atoms with Gasteiger partial charge in [-0.1, -0.05) is 6.07 Å². The number of nitrogens with two attached hydrogens (primary N) is 1. The average Bonchev–Trinajstić information content (AvgIpc) is 3.12. The summed E-state index contributed by atoms with van der Waals surface area (Å²) in [7, 11) is 0. The Bertz CT molecular complexity index is 998. The summed E-state index contributed by atoms with van der Waals surface area (Å²) in [5.74, 6) is 0.621. The molecule has 2 aromatic heterocycles. The number of H-pyrrole nitrogens is 1. The second-order valence-corrected chi connectivity index (χ2v) is 7.97. The van der Waals surface area contributed by atoms with Gasteiger partial charge in [0.2, 0.25) is 0 Å². The minimum absolute atomic E-state index is 0.105. The number of rotatable bonds is 7. The van der Waals surface area contributed by atoms with Crippen LogP contribution in [-0.2, 0) is 19.0 Å². The highest BCUT2D eigenvalue weighted by molar-refractivity contribution is 5.76. The number of benzene rings is 1. The molecule has 0 fully saturated rings. The van der Waals surface area contributed by atoms with Gasteiger partial charge >= 0.3 is 6.18 Å². The smallest absolute Gasteiger partial charge is 0.342 e. The fourth-order valence-corrected chi connectivity index (χ4v) is 4.13. The molecule has 1 aliphatic carbocycles. The number of imidazole rings is 1. The molecule has 0 amide bonds. The van der Waals surface area contributed by atoms with Gasteiger partial charge in [-0.25, -0.2) is 4.98 Å². The molecule has 0 aliphatic heterocycles. The quantitative estimate of drug-likeness (QED) is 0.501. The first-order valence-corrected chi connectivity index (χ1v) is 10.4. The van der Waals surface area contributed by atoms with E-state index in [9.17, 15) is 13.2 Å². The topological polar surface area (TPSA) is 79.6 Å². The van der Waals surface area contributed by atoms with Gasteiger partial charge in [0, 0.05) is 24.7 Å². The molecule has 2 atom stereocenters. The van der Waals surface area contributed by atoms with Crippen molar-refractivity contribution in [1.29, 1.82) is 0 Å². The van der Waals surface area contributed by atoms with Crippen LogP contribution in [0.3, 0.4) is 0 Å². The van der Waals surface area contributed by atoms with Gasteiger partial charge in [0.15, 0.2) is 0 Å². The summed E-state index contributed by atoms with van der Waals surface area (Å²) < 4.78 is 38.6. The fourth-order valence-electron chi connectivity index (χ4n) is 4.13. The zero-order valence-electron chi connectivity index (χ0n) is 16.7. The number of aryl methyl sites for hydroxylation is 1. The minimum Gasteiger partial charge on any atom is -0.342 e. The summed E-state index contributed by atoms with van der Waals surface area (Å²) >= 11 is 0. The molecule has 4 rings (SSSR count). The van der Waals surface area contributed by atoms with E-state index in [4.69, 9.17) is 5.73 Å². The third kappa shape index (κ3) is 4.82. The molecule has 1 aliphatic rings. The molecule has 0 spiro atoms. The van der Waals surface area contributed by atoms with Crippen LogP contribution in [0.2, 0.25) is 0 Å². The van der Waals surface area contributed by atoms with Crippen LogP contribution >= 0.6 is 0 Å². The number of aromatic nitrogens is 3. The van der Waals surface area contributed by atoms with Crippen LogP contribution in [0.5, 0.6) is 0 Å². The molecule has 1 aromatic carbocycles. The van der Waals surface area contributed by atoms with Crippen LogP contribution in [0.25, 0.3) is 11.0 Å². The molecule has 5 nitrogen and oxygen atoms in total. The lowest BCUT2D eigenvalue weighted by Gasteiger charge is -2.25. The van der Waals surface area contributed by atoms with Crippen LogP contribution < -0.4 is 11.1 Å². The van der Waals surface area contributed by atoms with Crippen molar-refractivity contribution in [1.82, 2.24) is 20.3 Å². The number of fused-ring (bicyclic) bond motifs is 2. The first-order chi connectivity index (χ1) is 14.4. The van der Waals surface area contributed by atoms with Gasteiger partial charge in [-0.2, -0.15) is 13.2 Å². The third-order valence-corrected chi connectivity index (χ3v) is 5.65. The predicted octanol–water partition coefficient (Wildman–Crippen LogP) is 4.29. The molecule has 0 bridgehead atoms. The Labute approximate surface area is 173 Å². The predicted molar refractivity (Wildman–Crippen MR) is 110 cm³/mol. The Morgan fingerprint density at radius 3 is 2.97 bits per heavy atom. The van der Waals surface area contributed by atoms with Gasteiger partial charge in [-0.3, -0.25) is 4.98 Å². The lowest BCUT2D eigenvalue weighted by atomic mass is 9.92. The maximum Gasteiger partial charge on any atom is 0.416 e. The molecule has 0 saturated heterocycles. The monoisotopic (exact) mass is 417 g/mol. The standard InChI is InChI=1S/C22H26F3N5/c23-22(24,25)15-8-9-17-19(12-15)30-20(29-17)13-16(26)6-3-10-27-18-7-1-4-14-5-2-11-28-21(14)18/h2,5,8-9,11-12,16,18,27H,1,3-4,6-7,10,13,26H2,(H,29,30). The molecule has 0 radical (unpaired) electrons. The van der Waals surface area contributed by atoms with Gasteiger partial charge < -0.3 is 16.0 Å². The van der Waals surface area contributed by atoms with E-state index in [0.29, 0.717) is 29.3 Å². The number of hydrogen-bond donors (Lipinski definition) is 3. The SMILES string of the molecule is NC(CCCNC1CCCc2cccnc21)Cc1nc2cc(C(F)(F)F)ccc2[nH]1. The van der Waals surface area contributed by atoms with Gasteiger partial charge in [0.25, 0.3) is 0 Å². The second-order valence-electron chi connectivity index (χ2n) is 7.97. The lowest BCUT2D eigenvalue weighted by Crippen LogP contribution is -2.29. The van der Waals surface area contributed by atoms with Crippen molar-refractivity contribution < 1.29 is 13.2 Å². The van der Waals surface area contributed by atoms with Crippen molar-refractivity contribution in [3.63, 3.8) is 0 Å². The largest absolute Gasteiger partial charge is 0.416 e. The van der Waals surface area contributed by atoms with Crippen LogP contribution in [0.15, 0.2) is 36.5 Å². The van der Waals surface area contributed by atoms with Gasteiger partial charge in [-0.05, 0) is 68.5 Å². The molecule has 4 N–H and O–H groups in total. The van der Waals surface area contributed by atoms with E-state index in [1.54, 1.807) is 0 Å². The molecule has 2 unspecified atom stereocenters. The number of nitrogens with zero attached hydrogens (tertiary/aromatic N) is 2. The van der Waals surface area contributed by atoms with Crippen LogP contribution in [-0.4, -0.2) is 27.5 Å². The Balaban J connectivity index is 1.27. The first-order valence-electron chi connectivity index (χ1n) is 10.4. The number of hydrogen-bond acceptors (Lipinski definition) is 4. The number of pyridine rings is 1. The molecular formula is C22H26F3N5. The zero-order valence-corrected chi connectivity index (χ0v) is 16.7. The number of halogens is 3. The molecule has 160 valence electrons. The van der Waals surface area contributed by atoms with Crippen molar-refractivity contribution in [3.8, 4) is 0 Å². The van der Waals surface area contributed by atoms with Crippen molar-refractivity contribution in [3.05, 3.63) is 59.2 Å². The van der Waals surface area contributed by atoms with E-state index in [0.717, 1.165) is 56.5 Å². The molecule has 30 heavy (non-hydrogen) atoms. The van der Waals surface area contributed by atoms with E-state index in [2.05, 4.69) is 26.3 Å². The van der Waals surface area contributed by atoms with Gasteiger partial charge in [0.1, 0.15) is 5.82 Å². The van der Waals surface area contributed by atoms with Crippen LogP contribution in [0.1, 0.15) is 54.4 Å². The maximum absolute atomic E-state index is 12.9. The summed E-state index contributed by atoms with van der Waals surface area (Å²) in [5, 5.41) is 3.59. The highest BCUT2D eigenvalue weighted by Crippen LogP contribution is 2.31. The van der Waals surface area contributed by atoms with Crippen molar-refractivity contribution in [2.24, 2.45) is 5.73 Å². The maximum atomic E-state index is 12.9. The van der Waals surface area contributed by atoms with Gasteiger partial charge in [0.05, 0.1) is 22.3 Å². The summed E-state index contributed by atoms with van der Waals surface area (Å²) in [6.45, 7) is 0.851. The van der Waals surface area contributed by atoms with E-state index in [-0.39, 0.29) is 6.04 Å². The molecular weight excluding hydrogens is 391 g/mol. The van der Waals surface area contributed by atoms with Gasteiger partial charge in [-0.15, -0.1) is 0 Å². The van der Waals surface area contributed by atoms with Crippen molar-refractivity contribution >= 4 is 11.0 Å². The molecule has 3 aromatic rings. The average molecular weight is 417 g/mol.